The van der Waals surface area contributed by atoms with E-state index in [0.29, 0.717) is 0 Å². The van der Waals surface area contributed by atoms with E-state index in [-0.39, 0.29) is 12.2 Å². The Morgan fingerprint density at radius 1 is 1.46 bits per heavy atom. The maximum Gasteiger partial charge on any atom is 0.313 e. The van der Waals surface area contributed by atoms with E-state index in [2.05, 4.69) is 4.74 Å². The Labute approximate surface area is 84.6 Å². The van der Waals surface area contributed by atoms with Crippen LogP contribution >= 0.6 is 23.5 Å². The number of methoxy groups -OCH3 is 1. The number of ketones is 1. The van der Waals surface area contributed by atoms with E-state index in [9.17, 15) is 9.59 Å². The Kier molecular flexibility index (Phi) is 4.11. The van der Waals surface area contributed by atoms with Crippen LogP contribution in [0.4, 0.5) is 0 Å². The number of esters is 1. The molecule has 0 aromatic rings. The van der Waals surface area contributed by atoms with Gasteiger partial charge in [-0.25, -0.2) is 0 Å². The van der Waals surface area contributed by atoms with Gasteiger partial charge in [0.15, 0.2) is 5.78 Å². The van der Waals surface area contributed by atoms with Gasteiger partial charge >= 0.3 is 5.97 Å². The van der Waals surface area contributed by atoms with Crippen molar-refractivity contribution in [1.82, 2.24) is 0 Å². The molecule has 70 valence electrons. The quantitative estimate of drug-likeness (QED) is 0.409. The van der Waals surface area contributed by atoms with Crippen LogP contribution in [0.25, 0.3) is 0 Å². The molecule has 0 unspecified atom stereocenters. The van der Waals surface area contributed by atoms with Crippen molar-refractivity contribution in [1.29, 1.82) is 0 Å². The first kappa shape index (κ1) is 10.4. The third-order valence-corrected chi connectivity index (χ3v) is 3.24. The molecule has 3 nitrogen and oxygen atoms in total. The lowest BCUT2D eigenvalue weighted by Gasteiger charge is -1.95. The van der Waals surface area contributed by atoms with Gasteiger partial charge in [-0.15, -0.1) is 0 Å². The van der Waals surface area contributed by atoms with Gasteiger partial charge < -0.3 is 4.74 Å². The van der Waals surface area contributed by atoms with Crippen molar-refractivity contribution in [2.75, 3.05) is 7.11 Å². The van der Waals surface area contributed by atoms with Crippen molar-refractivity contribution >= 4 is 35.3 Å². The van der Waals surface area contributed by atoms with Gasteiger partial charge in [-0.2, -0.15) is 0 Å². The van der Waals surface area contributed by atoms with Gasteiger partial charge in [0.1, 0.15) is 6.42 Å². The molecule has 0 radical (unpaired) electrons. The molecule has 0 aromatic heterocycles. The molecule has 0 bridgehead atoms. The predicted octanol–water partition coefficient (Wildman–Crippen LogP) is 1.91. The summed E-state index contributed by atoms with van der Waals surface area (Å²) in [4.78, 5) is 21.8. The molecule has 0 fully saturated rings. The van der Waals surface area contributed by atoms with Crippen LogP contribution in [0.1, 0.15) is 6.42 Å². The zero-order valence-corrected chi connectivity index (χ0v) is 8.61. The molecule has 13 heavy (non-hydrogen) atoms. The lowest BCUT2D eigenvalue weighted by Crippen LogP contribution is -2.06. The fourth-order valence-electron chi connectivity index (χ4n) is 0.682. The van der Waals surface area contributed by atoms with Gasteiger partial charge in [0.25, 0.3) is 0 Å². The van der Waals surface area contributed by atoms with E-state index in [1.807, 2.05) is 10.8 Å². The molecular formula is C8H8O3S2. The monoisotopic (exact) mass is 216 g/mol. The molecule has 0 amide bonds. The minimum absolute atomic E-state index is 0.179. The lowest BCUT2D eigenvalue weighted by atomic mass is 10.3. The smallest absolute Gasteiger partial charge is 0.313 e. The maximum absolute atomic E-state index is 11.1. The first-order valence-electron chi connectivity index (χ1n) is 3.52. The minimum atomic E-state index is -0.497. The van der Waals surface area contributed by atoms with Crippen molar-refractivity contribution in [3.8, 4) is 0 Å². The molecule has 0 aliphatic carbocycles. The highest BCUT2D eigenvalue weighted by Crippen LogP contribution is 2.37. The molecule has 1 rings (SSSR count). The summed E-state index contributed by atoms with van der Waals surface area (Å²) >= 11 is 2.95. The van der Waals surface area contributed by atoms with Crippen LogP contribution in [0.3, 0.4) is 0 Å². The molecule has 5 heteroatoms. The highest BCUT2D eigenvalue weighted by atomic mass is 32.2. The Hall–Kier alpha value is -0.680. The SMILES string of the molecule is COC(=O)CC(=O)C=C1SC=CS1. The number of allylic oxidation sites excluding steroid dienone is 1. The van der Waals surface area contributed by atoms with Crippen LogP contribution in [-0.2, 0) is 14.3 Å². The van der Waals surface area contributed by atoms with Gasteiger partial charge in [0.2, 0.25) is 0 Å². The Morgan fingerprint density at radius 3 is 2.62 bits per heavy atom. The van der Waals surface area contributed by atoms with Crippen LogP contribution < -0.4 is 0 Å². The highest BCUT2D eigenvalue weighted by Gasteiger charge is 2.09. The summed E-state index contributed by atoms with van der Waals surface area (Å²) < 4.78 is 5.26. The van der Waals surface area contributed by atoms with Crippen LogP contribution in [0.15, 0.2) is 21.1 Å². The average Bonchev–Trinajstić information content (AvgIpc) is 2.56. The molecule has 0 spiro atoms. The molecule has 1 aliphatic rings. The summed E-state index contributed by atoms with van der Waals surface area (Å²) in [5, 5.41) is 3.78. The van der Waals surface area contributed by atoms with E-state index in [0.717, 1.165) is 4.24 Å². The number of ether oxygens (including phenoxy) is 1. The van der Waals surface area contributed by atoms with Gasteiger partial charge in [0, 0.05) is 6.08 Å². The number of hydrogen-bond donors (Lipinski definition) is 0. The minimum Gasteiger partial charge on any atom is -0.469 e. The predicted molar refractivity (Wildman–Crippen MR) is 54.0 cm³/mol. The third-order valence-electron chi connectivity index (χ3n) is 1.25. The zero-order valence-electron chi connectivity index (χ0n) is 6.98. The van der Waals surface area contributed by atoms with E-state index in [4.69, 9.17) is 0 Å². The maximum atomic E-state index is 11.1. The van der Waals surface area contributed by atoms with E-state index in [1.54, 1.807) is 0 Å². The topological polar surface area (TPSA) is 43.4 Å². The van der Waals surface area contributed by atoms with Crippen molar-refractivity contribution in [3.05, 3.63) is 21.1 Å². The summed E-state index contributed by atoms with van der Waals surface area (Å²) in [6.45, 7) is 0. The second kappa shape index (κ2) is 5.14. The van der Waals surface area contributed by atoms with Gasteiger partial charge in [-0.05, 0) is 10.8 Å². The largest absolute Gasteiger partial charge is 0.469 e. The molecule has 0 aromatic carbocycles. The third kappa shape index (κ3) is 3.69. The molecule has 1 heterocycles. The number of carbonyl (C=O) groups is 2. The lowest BCUT2D eigenvalue weighted by molar-refractivity contribution is -0.142. The first-order chi connectivity index (χ1) is 6.22. The second-order valence-electron chi connectivity index (χ2n) is 2.19. The van der Waals surface area contributed by atoms with Crippen molar-refractivity contribution in [2.45, 2.75) is 6.42 Å². The van der Waals surface area contributed by atoms with Crippen LogP contribution in [-0.4, -0.2) is 18.9 Å². The Bertz CT molecular complexity index is 271. The molecule has 0 atom stereocenters. The molecule has 0 saturated heterocycles. The summed E-state index contributed by atoms with van der Waals surface area (Å²) in [6, 6.07) is 0. The van der Waals surface area contributed by atoms with Crippen molar-refractivity contribution in [2.24, 2.45) is 0 Å². The molecule has 0 N–H and O–H groups in total. The van der Waals surface area contributed by atoms with E-state index in [1.165, 1.54) is 36.7 Å². The zero-order chi connectivity index (χ0) is 9.68. The highest BCUT2D eigenvalue weighted by molar-refractivity contribution is 8.27. The number of hydrogen-bond acceptors (Lipinski definition) is 5. The number of rotatable bonds is 3. The summed E-state index contributed by atoms with van der Waals surface area (Å²) in [5.74, 6) is -0.714. The van der Waals surface area contributed by atoms with E-state index >= 15 is 0 Å². The van der Waals surface area contributed by atoms with Crippen LogP contribution in [0.5, 0.6) is 0 Å². The molecule has 1 aliphatic heterocycles. The van der Waals surface area contributed by atoms with Gasteiger partial charge in [-0.3, -0.25) is 9.59 Å². The van der Waals surface area contributed by atoms with Crippen LogP contribution in [0.2, 0.25) is 0 Å². The summed E-state index contributed by atoms with van der Waals surface area (Å²) in [7, 11) is 1.27. The Morgan fingerprint density at radius 2 is 2.08 bits per heavy atom. The first-order valence-corrected chi connectivity index (χ1v) is 5.28. The van der Waals surface area contributed by atoms with Gasteiger partial charge in [-0.1, -0.05) is 23.5 Å². The summed E-state index contributed by atoms with van der Waals surface area (Å²) in [5.41, 5.74) is 0. The fourth-order valence-corrected chi connectivity index (χ4v) is 2.35. The average molecular weight is 216 g/mol. The van der Waals surface area contributed by atoms with Gasteiger partial charge in [0.05, 0.1) is 11.3 Å². The van der Waals surface area contributed by atoms with E-state index < -0.39 is 5.97 Å². The Balaban J connectivity index is 2.41. The van der Waals surface area contributed by atoms with Crippen molar-refractivity contribution in [3.63, 3.8) is 0 Å². The fraction of sp³-hybridized carbons (Fsp3) is 0.250. The molecular weight excluding hydrogens is 208 g/mol. The van der Waals surface area contributed by atoms with Crippen molar-refractivity contribution < 1.29 is 14.3 Å². The molecule has 0 saturated carbocycles. The second-order valence-corrected chi connectivity index (χ2v) is 4.34. The number of thioether (sulfide) groups is 2. The van der Waals surface area contributed by atoms with Crippen LogP contribution in [0, 0.1) is 0 Å². The normalized spacial score (nSPS) is 14.4. The summed E-state index contributed by atoms with van der Waals surface area (Å²) in [6.07, 6.45) is 1.29. The standard InChI is InChI=1S/C8H8O3S2/c1-11-7(10)4-6(9)5-8-12-2-3-13-8/h2-3,5H,4H2,1H3. The number of carbonyl (C=O) groups excluding carboxylic acids is 2.